The largest absolute Gasteiger partial charge is 0.468 e. The molecule has 0 saturated carbocycles. The van der Waals surface area contributed by atoms with Gasteiger partial charge in [-0.1, -0.05) is 36.4 Å². The predicted molar refractivity (Wildman–Crippen MR) is 94.7 cm³/mol. The number of hydrogen-bond donors (Lipinski definition) is 1. The highest BCUT2D eigenvalue weighted by atomic mass is 19.4. The van der Waals surface area contributed by atoms with Gasteiger partial charge in [0.25, 0.3) is 5.91 Å². The van der Waals surface area contributed by atoms with Gasteiger partial charge < -0.3 is 10.1 Å². The van der Waals surface area contributed by atoms with E-state index in [0.29, 0.717) is 17.7 Å². The van der Waals surface area contributed by atoms with E-state index in [-0.39, 0.29) is 18.3 Å². The monoisotopic (exact) mass is 390 g/mol. The number of ether oxygens (including phenoxy) is 1. The Labute approximate surface area is 159 Å². The maximum atomic E-state index is 12.2. The van der Waals surface area contributed by atoms with Crippen LogP contribution in [0.5, 0.6) is 5.88 Å². The van der Waals surface area contributed by atoms with Crippen molar-refractivity contribution in [3.05, 3.63) is 77.7 Å². The molecule has 9 heteroatoms. The number of benzene rings is 1. The minimum absolute atomic E-state index is 0.130. The molecule has 0 atom stereocenters. The van der Waals surface area contributed by atoms with Crippen molar-refractivity contribution in [3.8, 4) is 5.88 Å². The fourth-order valence-corrected chi connectivity index (χ4v) is 2.38. The number of nitrogens with one attached hydrogen (secondary N) is 1. The number of amides is 1. The average molecular weight is 390 g/mol. The first-order valence-corrected chi connectivity index (χ1v) is 8.38. The lowest BCUT2D eigenvalue weighted by Gasteiger charge is -2.09. The number of halogens is 3. The fourth-order valence-electron chi connectivity index (χ4n) is 2.38. The van der Waals surface area contributed by atoms with Crippen LogP contribution in [0.15, 0.2) is 61.1 Å². The molecule has 3 aromatic rings. The molecule has 1 N–H and O–H groups in total. The van der Waals surface area contributed by atoms with Gasteiger partial charge in [0.05, 0.1) is 18.3 Å². The van der Waals surface area contributed by atoms with E-state index in [1.807, 2.05) is 30.3 Å². The molecule has 0 bridgehead atoms. The number of pyridine rings is 1. The zero-order valence-electron chi connectivity index (χ0n) is 14.7. The van der Waals surface area contributed by atoms with Gasteiger partial charge in [-0.2, -0.15) is 18.3 Å². The van der Waals surface area contributed by atoms with Gasteiger partial charge in [0.2, 0.25) is 5.88 Å². The van der Waals surface area contributed by atoms with Crippen LogP contribution in [0.2, 0.25) is 0 Å². The highest BCUT2D eigenvalue weighted by Gasteiger charge is 2.28. The third kappa shape index (κ3) is 5.83. The van der Waals surface area contributed by atoms with Crippen LogP contribution in [-0.2, 0) is 13.1 Å². The zero-order chi connectivity index (χ0) is 20.0. The summed E-state index contributed by atoms with van der Waals surface area (Å²) in [5, 5.41) is 6.89. The molecule has 2 heterocycles. The highest BCUT2D eigenvalue weighted by molar-refractivity contribution is 5.93. The van der Waals surface area contributed by atoms with Gasteiger partial charge in [-0.25, -0.2) is 4.98 Å². The van der Waals surface area contributed by atoms with Gasteiger partial charge in [-0.05, 0) is 11.1 Å². The van der Waals surface area contributed by atoms with Crippen LogP contribution in [-0.4, -0.2) is 33.5 Å². The van der Waals surface area contributed by atoms with E-state index in [1.54, 1.807) is 10.9 Å². The molecule has 0 aliphatic rings. The van der Waals surface area contributed by atoms with Gasteiger partial charge in [0, 0.05) is 25.0 Å². The van der Waals surface area contributed by atoms with E-state index in [2.05, 4.69) is 20.1 Å². The third-order valence-electron chi connectivity index (χ3n) is 3.72. The van der Waals surface area contributed by atoms with E-state index in [1.165, 1.54) is 24.5 Å². The molecule has 0 unspecified atom stereocenters. The Morgan fingerprint density at radius 1 is 1.07 bits per heavy atom. The maximum Gasteiger partial charge on any atom is 0.422 e. The number of hydrogen-bond acceptors (Lipinski definition) is 4. The van der Waals surface area contributed by atoms with E-state index >= 15 is 0 Å². The van der Waals surface area contributed by atoms with Crippen LogP contribution < -0.4 is 10.1 Å². The summed E-state index contributed by atoms with van der Waals surface area (Å²) in [4.78, 5) is 16.0. The lowest BCUT2D eigenvalue weighted by molar-refractivity contribution is -0.154. The Bertz CT molecular complexity index is 909. The molecule has 1 aromatic carbocycles. The van der Waals surface area contributed by atoms with Gasteiger partial charge in [-0.15, -0.1) is 0 Å². The van der Waals surface area contributed by atoms with Crippen LogP contribution in [0.1, 0.15) is 21.5 Å². The predicted octanol–water partition coefficient (Wildman–Crippen LogP) is 3.20. The number of carbonyl (C=O) groups excluding carboxylic acids is 1. The van der Waals surface area contributed by atoms with E-state index in [9.17, 15) is 18.0 Å². The molecule has 146 valence electrons. The fraction of sp³-hybridized carbons (Fsp3) is 0.211. The number of rotatable bonds is 7. The van der Waals surface area contributed by atoms with Crippen LogP contribution in [0.25, 0.3) is 0 Å². The SMILES string of the molecule is O=C(NCc1ccc(OCC(F)(F)F)nc1)c1cnn(Cc2ccccc2)c1. The quantitative estimate of drug-likeness (QED) is 0.673. The van der Waals surface area contributed by atoms with Crippen molar-refractivity contribution in [1.82, 2.24) is 20.1 Å². The molecule has 0 spiro atoms. The molecule has 28 heavy (non-hydrogen) atoms. The lowest BCUT2D eigenvalue weighted by atomic mass is 10.2. The Morgan fingerprint density at radius 2 is 1.86 bits per heavy atom. The summed E-state index contributed by atoms with van der Waals surface area (Å²) in [6.07, 6.45) is 0.0589. The number of carbonyl (C=O) groups is 1. The smallest absolute Gasteiger partial charge is 0.422 e. The molecule has 6 nitrogen and oxygen atoms in total. The Morgan fingerprint density at radius 3 is 2.54 bits per heavy atom. The minimum atomic E-state index is -4.42. The second kappa shape index (κ2) is 8.55. The van der Waals surface area contributed by atoms with Crippen molar-refractivity contribution in [3.63, 3.8) is 0 Å². The van der Waals surface area contributed by atoms with Crippen molar-refractivity contribution >= 4 is 5.91 Å². The molecular formula is C19H17F3N4O2. The van der Waals surface area contributed by atoms with Crippen molar-refractivity contribution in [2.45, 2.75) is 19.3 Å². The third-order valence-corrected chi connectivity index (χ3v) is 3.72. The highest BCUT2D eigenvalue weighted by Crippen LogP contribution is 2.17. The summed E-state index contributed by atoms with van der Waals surface area (Å²) in [5.74, 6) is -0.439. The summed E-state index contributed by atoms with van der Waals surface area (Å²) < 4.78 is 42.5. The number of aromatic nitrogens is 3. The average Bonchev–Trinajstić information content (AvgIpc) is 3.14. The number of alkyl halides is 3. The first-order chi connectivity index (χ1) is 13.4. The first-order valence-electron chi connectivity index (χ1n) is 8.38. The zero-order valence-corrected chi connectivity index (χ0v) is 14.7. The summed E-state index contributed by atoms with van der Waals surface area (Å²) >= 11 is 0. The molecule has 0 aliphatic heterocycles. The van der Waals surface area contributed by atoms with Crippen LogP contribution in [0, 0.1) is 0 Å². The van der Waals surface area contributed by atoms with Crippen molar-refractivity contribution < 1.29 is 22.7 Å². The van der Waals surface area contributed by atoms with Crippen molar-refractivity contribution in [1.29, 1.82) is 0 Å². The van der Waals surface area contributed by atoms with Crippen molar-refractivity contribution in [2.24, 2.45) is 0 Å². The lowest BCUT2D eigenvalue weighted by Crippen LogP contribution is -2.22. The van der Waals surface area contributed by atoms with Crippen molar-refractivity contribution in [2.75, 3.05) is 6.61 Å². The Kier molecular flexibility index (Phi) is 5.93. The molecule has 0 fully saturated rings. The minimum Gasteiger partial charge on any atom is -0.468 e. The molecule has 1 amide bonds. The standard InChI is InChI=1S/C19H17F3N4O2/c20-19(21,22)13-28-17-7-6-15(8-23-17)9-24-18(27)16-10-25-26(12-16)11-14-4-2-1-3-5-14/h1-8,10,12H,9,11,13H2,(H,24,27). The van der Waals surface area contributed by atoms with E-state index in [4.69, 9.17) is 0 Å². The normalized spacial score (nSPS) is 11.2. The summed E-state index contributed by atoms with van der Waals surface area (Å²) in [5.41, 5.74) is 2.11. The van der Waals surface area contributed by atoms with Crippen LogP contribution in [0.4, 0.5) is 13.2 Å². The molecule has 0 radical (unpaired) electrons. The molecule has 0 aliphatic carbocycles. The van der Waals surface area contributed by atoms with Gasteiger partial charge in [-0.3, -0.25) is 9.48 Å². The Balaban J connectivity index is 1.50. The second-order valence-electron chi connectivity index (χ2n) is 6.00. The summed E-state index contributed by atoms with van der Waals surface area (Å²) in [6, 6.07) is 12.6. The summed E-state index contributed by atoms with van der Waals surface area (Å²) in [7, 11) is 0. The molecular weight excluding hydrogens is 373 g/mol. The maximum absolute atomic E-state index is 12.2. The first kappa shape index (κ1) is 19.4. The van der Waals surface area contributed by atoms with Gasteiger partial charge >= 0.3 is 6.18 Å². The topological polar surface area (TPSA) is 69.0 Å². The molecule has 0 saturated heterocycles. The van der Waals surface area contributed by atoms with Gasteiger partial charge in [0.15, 0.2) is 6.61 Å². The second-order valence-corrected chi connectivity index (χ2v) is 6.00. The van der Waals surface area contributed by atoms with Gasteiger partial charge in [0.1, 0.15) is 0 Å². The van der Waals surface area contributed by atoms with Crippen LogP contribution >= 0.6 is 0 Å². The molecule has 2 aromatic heterocycles. The molecule has 3 rings (SSSR count). The summed E-state index contributed by atoms with van der Waals surface area (Å²) in [6.45, 7) is -0.671. The van der Waals surface area contributed by atoms with E-state index < -0.39 is 12.8 Å². The van der Waals surface area contributed by atoms with E-state index in [0.717, 1.165) is 5.56 Å². The Hall–Kier alpha value is -3.36. The number of nitrogens with zero attached hydrogens (tertiary/aromatic N) is 3. The van der Waals surface area contributed by atoms with Crippen LogP contribution in [0.3, 0.4) is 0 Å².